The molecule has 1 aromatic heterocycles. The lowest BCUT2D eigenvalue weighted by atomic mass is 9.96. The molecule has 1 N–H and O–H groups in total. The predicted molar refractivity (Wildman–Crippen MR) is 88.3 cm³/mol. The molecule has 124 valence electrons. The third-order valence-electron chi connectivity index (χ3n) is 4.80. The Morgan fingerprint density at radius 3 is 3.17 bits per heavy atom. The van der Waals surface area contributed by atoms with Crippen LogP contribution in [0.25, 0.3) is 0 Å². The average molecular weight is 334 g/mol. The van der Waals surface area contributed by atoms with E-state index in [9.17, 15) is 4.79 Å². The summed E-state index contributed by atoms with van der Waals surface area (Å²) in [5, 5.41) is 10.3. The van der Waals surface area contributed by atoms with Gasteiger partial charge in [-0.15, -0.1) is 11.3 Å². The summed E-state index contributed by atoms with van der Waals surface area (Å²) in [6, 6.07) is 0. The Hall–Kier alpha value is -1.47. The Balaban J connectivity index is 1.30. The zero-order valence-electron chi connectivity index (χ0n) is 13.4. The van der Waals surface area contributed by atoms with E-state index in [0.717, 1.165) is 43.3 Å². The summed E-state index contributed by atoms with van der Waals surface area (Å²) in [5.41, 5.74) is 1.36. The van der Waals surface area contributed by atoms with Gasteiger partial charge in [0.05, 0.1) is 10.7 Å². The smallest absolute Gasteiger partial charge is 0.269 e. The first kappa shape index (κ1) is 15.1. The van der Waals surface area contributed by atoms with Crippen molar-refractivity contribution in [2.75, 3.05) is 19.6 Å². The first-order chi connectivity index (χ1) is 11.1. The summed E-state index contributed by atoms with van der Waals surface area (Å²) < 4.78 is 0. The highest BCUT2D eigenvalue weighted by molar-refractivity contribution is 7.09. The number of likely N-dealkylation sites (tertiary alicyclic amines) is 1. The number of nitrogens with one attached hydrogen (secondary N) is 1. The number of hydrogen-bond donors (Lipinski definition) is 1. The fraction of sp³-hybridized carbons (Fsp3) is 0.688. The molecule has 1 saturated carbocycles. The zero-order valence-corrected chi connectivity index (χ0v) is 14.2. The van der Waals surface area contributed by atoms with E-state index in [2.05, 4.69) is 25.7 Å². The standard InChI is InChI=1S/C16H22N4O2S/c1-11-18-13(9-23-11)8-20-5-4-16(10-20)6-14(19-22-16)15(21)17-7-12-2-3-12/h9,12H,2-8,10H2,1H3,(H,17,21)/t16-/m0/s1. The molecule has 3 heterocycles. The van der Waals surface area contributed by atoms with Crippen LogP contribution in [0.15, 0.2) is 10.5 Å². The van der Waals surface area contributed by atoms with Crippen molar-refractivity contribution in [1.82, 2.24) is 15.2 Å². The predicted octanol–water partition coefficient (Wildman–Crippen LogP) is 1.70. The Morgan fingerprint density at radius 1 is 1.57 bits per heavy atom. The van der Waals surface area contributed by atoms with Crippen LogP contribution in [0.5, 0.6) is 0 Å². The maximum atomic E-state index is 12.1. The van der Waals surface area contributed by atoms with Crippen LogP contribution in [-0.4, -0.2) is 46.7 Å². The molecule has 1 spiro atoms. The minimum atomic E-state index is -0.308. The van der Waals surface area contributed by atoms with Crippen molar-refractivity contribution in [2.24, 2.45) is 11.1 Å². The number of thiazole rings is 1. The second kappa shape index (κ2) is 5.87. The van der Waals surface area contributed by atoms with Crippen LogP contribution < -0.4 is 5.32 Å². The van der Waals surface area contributed by atoms with Crippen LogP contribution >= 0.6 is 11.3 Å². The molecule has 2 fully saturated rings. The van der Waals surface area contributed by atoms with Gasteiger partial charge in [0.1, 0.15) is 5.71 Å². The quantitative estimate of drug-likeness (QED) is 0.890. The Morgan fingerprint density at radius 2 is 2.43 bits per heavy atom. The molecule has 0 unspecified atom stereocenters. The van der Waals surface area contributed by atoms with Crippen LogP contribution in [0, 0.1) is 12.8 Å². The number of nitrogens with zero attached hydrogens (tertiary/aromatic N) is 3. The summed E-state index contributed by atoms with van der Waals surface area (Å²) in [5.74, 6) is 0.627. The third-order valence-corrected chi connectivity index (χ3v) is 5.62. The van der Waals surface area contributed by atoms with Gasteiger partial charge in [0.25, 0.3) is 5.91 Å². The van der Waals surface area contributed by atoms with E-state index in [1.807, 2.05) is 6.92 Å². The molecule has 1 amide bonds. The molecule has 2 aliphatic heterocycles. The second-order valence-corrected chi connectivity index (χ2v) is 8.02. The van der Waals surface area contributed by atoms with E-state index >= 15 is 0 Å². The van der Waals surface area contributed by atoms with Crippen molar-refractivity contribution in [3.8, 4) is 0 Å². The van der Waals surface area contributed by atoms with Gasteiger partial charge in [-0.1, -0.05) is 5.16 Å². The number of carbonyl (C=O) groups excluding carboxylic acids is 1. The highest BCUT2D eigenvalue weighted by Gasteiger charge is 2.46. The van der Waals surface area contributed by atoms with E-state index in [0.29, 0.717) is 18.1 Å². The molecule has 1 saturated heterocycles. The molecule has 23 heavy (non-hydrogen) atoms. The highest BCUT2D eigenvalue weighted by Crippen LogP contribution is 2.34. The van der Waals surface area contributed by atoms with Gasteiger partial charge < -0.3 is 10.2 Å². The molecule has 3 aliphatic rings. The zero-order chi connectivity index (χ0) is 15.9. The van der Waals surface area contributed by atoms with Crippen LogP contribution in [-0.2, 0) is 16.2 Å². The number of aryl methyl sites for hydroxylation is 1. The lowest BCUT2D eigenvalue weighted by molar-refractivity contribution is -0.115. The van der Waals surface area contributed by atoms with Gasteiger partial charge in [-0.05, 0) is 25.7 Å². The number of hydrogen-bond acceptors (Lipinski definition) is 6. The summed E-state index contributed by atoms with van der Waals surface area (Å²) >= 11 is 1.68. The monoisotopic (exact) mass is 334 g/mol. The summed E-state index contributed by atoms with van der Waals surface area (Å²) in [6.07, 6.45) is 4.01. The van der Waals surface area contributed by atoms with E-state index in [4.69, 9.17) is 4.84 Å². The van der Waals surface area contributed by atoms with E-state index < -0.39 is 0 Å². The van der Waals surface area contributed by atoms with E-state index in [1.54, 1.807) is 11.3 Å². The van der Waals surface area contributed by atoms with Crippen LogP contribution in [0.3, 0.4) is 0 Å². The van der Waals surface area contributed by atoms with Crippen molar-refractivity contribution in [2.45, 2.75) is 44.8 Å². The highest BCUT2D eigenvalue weighted by atomic mass is 32.1. The maximum Gasteiger partial charge on any atom is 0.269 e. The molecule has 1 atom stereocenters. The minimum absolute atomic E-state index is 0.0534. The maximum absolute atomic E-state index is 12.1. The number of amides is 1. The molecule has 0 bridgehead atoms. The number of aromatic nitrogens is 1. The number of rotatable bonds is 5. The van der Waals surface area contributed by atoms with Gasteiger partial charge in [0.2, 0.25) is 0 Å². The van der Waals surface area contributed by atoms with Gasteiger partial charge in [-0.25, -0.2) is 4.98 Å². The summed E-state index contributed by atoms with van der Waals surface area (Å²) in [4.78, 5) is 24.7. The minimum Gasteiger partial charge on any atom is -0.387 e. The van der Waals surface area contributed by atoms with Gasteiger partial charge >= 0.3 is 0 Å². The fourth-order valence-corrected chi connectivity index (χ4v) is 3.90. The van der Waals surface area contributed by atoms with Gasteiger partial charge in [-0.2, -0.15) is 0 Å². The molecule has 1 aliphatic carbocycles. The molecular weight excluding hydrogens is 312 g/mol. The van der Waals surface area contributed by atoms with E-state index in [-0.39, 0.29) is 11.5 Å². The molecule has 0 aromatic carbocycles. The number of oxime groups is 1. The summed E-state index contributed by atoms with van der Waals surface area (Å²) in [6.45, 7) is 5.43. The SMILES string of the molecule is Cc1nc(CN2CC[C@]3(CC(C(=O)NCC4CC4)=NO3)C2)cs1. The van der Waals surface area contributed by atoms with E-state index in [1.165, 1.54) is 12.8 Å². The van der Waals surface area contributed by atoms with Crippen molar-refractivity contribution in [1.29, 1.82) is 0 Å². The lowest BCUT2D eigenvalue weighted by Crippen LogP contribution is -2.37. The molecular formula is C16H22N4O2S. The molecule has 7 heteroatoms. The van der Waals surface area contributed by atoms with Crippen molar-refractivity contribution < 1.29 is 9.63 Å². The molecule has 4 rings (SSSR count). The van der Waals surface area contributed by atoms with Crippen molar-refractivity contribution >= 4 is 23.0 Å². The molecule has 6 nitrogen and oxygen atoms in total. The second-order valence-electron chi connectivity index (χ2n) is 6.96. The van der Waals surface area contributed by atoms with Crippen LogP contribution in [0.1, 0.15) is 36.4 Å². The molecule has 0 radical (unpaired) electrons. The first-order valence-electron chi connectivity index (χ1n) is 8.28. The first-order valence-corrected chi connectivity index (χ1v) is 9.16. The Bertz CT molecular complexity index is 640. The largest absolute Gasteiger partial charge is 0.387 e. The normalized spacial score (nSPS) is 27.3. The van der Waals surface area contributed by atoms with Crippen molar-refractivity contribution in [3.63, 3.8) is 0 Å². The van der Waals surface area contributed by atoms with Crippen LogP contribution in [0.4, 0.5) is 0 Å². The topological polar surface area (TPSA) is 66.8 Å². The number of carbonyl (C=O) groups is 1. The fourth-order valence-electron chi connectivity index (χ4n) is 3.30. The average Bonchev–Trinajstić information content (AvgIpc) is 2.93. The third kappa shape index (κ3) is 3.40. The van der Waals surface area contributed by atoms with Gasteiger partial charge in [0, 0.05) is 44.4 Å². The van der Waals surface area contributed by atoms with Gasteiger partial charge in [0.15, 0.2) is 5.60 Å². The van der Waals surface area contributed by atoms with Crippen molar-refractivity contribution in [3.05, 3.63) is 16.1 Å². The Kier molecular flexibility index (Phi) is 3.85. The Labute approximate surface area is 139 Å². The summed E-state index contributed by atoms with van der Waals surface area (Å²) in [7, 11) is 0. The van der Waals surface area contributed by atoms with Gasteiger partial charge in [-0.3, -0.25) is 9.69 Å². The van der Waals surface area contributed by atoms with Crippen LogP contribution in [0.2, 0.25) is 0 Å². The molecule has 1 aromatic rings. The lowest BCUT2D eigenvalue weighted by Gasteiger charge is -2.21.